The molecule has 20 heavy (non-hydrogen) atoms. The molecule has 2 N–H and O–H groups in total. The zero-order valence-electron chi connectivity index (χ0n) is 11.6. The van der Waals surface area contributed by atoms with Crippen LogP contribution in [0.15, 0.2) is 28.7 Å². The molecule has 3 rings (SSSR count). The molecule has 2 aliphatic rings. The molecule has 0 radical (unpaired) electrons. The Morgan fingerprint density at radius 1 is 1.45 bits per heavy atom. The molecule has 1 aliphatic heterocycles. The largest absolute Gasteiger partial charge is 0.353 e. The van der Waals surface area contributed by atoms with Gasteiger partial charge in [-0.3, -0.25) is 4.79 Å². The number of piperidine rings is 1. The molecule has 1 heterocycles. The standard InChI is InChI=1S/C16H21BrN2O/c17-13-4-1-3-12(9-13)10-15(20)19-14-5-8-18-16(11-14)6-2-7-16/h1,3-4,9,14,18H,2,5-8,10-11H2,(H,19,20). The molecular formula is C16H21BrN2O. The van der Waals surface area contributed by atoms with E-state index in [1.807, 2.05) is 24.3 Å². The summed E-state index contributed by atoms with van der Waals surface area (Å²) in [6.07, 6.45) is 6.47. The second-order valence-corrected chi connectivity index (χ2v) is 7.04. The number of halogens is 1. The average Bonchev–Trinajstić information content (AvgIpc) is 2.37. The van der Waals surface area contributed by atoms with Gasteiger partial charge in [0.05, 0.1) is 6.42 Å². The maximum atomic E-state index is 12.2. The van der Waals surface area contributed by atoms with E-state index in [1.165, 1.54) is 19.3 Å². The Balaban J connectivity index is 1.53. The van der Waals surface area contributed by atoms with Crippen LogP contribution in [0.4, 0.5) is 0 Å². The Morgan fingerprint density at radius 3 is 3.00 bits per heavy atom. The number of carbonyl (C=O) groups is 1. The predicted molar refractivity (Wildman–Crippen MR) is 83.6 cm³/mol. The molecule has 1 unspecified atom stereocenters. The van der Waals surface area contributed by atoms with E-state index in [9.17, 15) is 4.79 Å². The number of nitrogens with one attached hydrogen (secondary N) is 2. The summed E-state index contributed by atoms with van der Waals surface area (Å²) in [5, 5.41) is 6.85. The summed E-state index contributed by atoms with van der Waals surface area (Å²) < 4.78 is 1.03. The molecule has 1 aromatic carbocycles. The maximum absolute atomic E-state index is 12.2. The van der Waals surface area contributed by atoms with Gasteiger partial charge >= 0.3 is 0 Å². The van der Waals surface area contributed by atoms with E-state index in [0.717, 1.165) is 29.4 Å². The van der Waals surface area contributed by atoms with Gasteiger partial charge < -0.3 is 10.6 Å². The zero-order chi connectivity index (χ0) is 14.0. The Morgan fingerprint density at radius 2 is 2.30 bits per heavy atom. The lowest BCUT2D eigenvalue weighted by molar-refractivity contribution is -0.121. The minimum absolute atomic E-state index is 0.143. The molecule has 1 aromatic rings. The summed E-state index contributed by atoms with van der Waals surface area (Å²) in [4.78, 5) is 12.2. The smallest absolute Gasteiger partial charge is 0.224 e. The van der Waals surface area contributed by atoms with Crippen molar-refractivity contribution in [1.29, 1.82) is 0 Å². The average molecular weight is 337 g/mol. The second kappa shape index (κ2) is 5.86. The van der Waals surface area contributed by atoms with Crippen LogP contribution >= 0.6 is 15.9 Å². The Labute approximate surface area is 128 Å². The van der Waals surface area contributed by atoms with E-state index in [-0.39, 0.29) is 5.91 Å². The summed E-state index contributed by atoms with van der Waals surface area (Å²) in [5.41, 5.74) is 1.40. The highest BCUT2D eigenvalue weighted by molar-refractivity contribution is 9.10. The third-order valence-corrected chi connectivity index (χ3v) is 5.05. The molecule has 4 heteroatoms. The third kappa shape index (κ3) is 3.23. The number of benzene rings is 1. The molecular weight excluding hydrogens is 316 g/mol. The van der Waals surface area contributed by atoms with Crippen molar-refractivity contribution in [3.05, 3.63) is 34.3 Å². The molecule has 3 nitrogen and oxygen atoms in total. The zero-order valence-corrected chi connectivity index (χ0v) is 13.2. The van der Waals surface area contributed by atoms with Gasteiger partial charge in [0.25, 0.3) is 0 Å². The highest BCUT2D eigenvalue weighted by Crippen LogP contribution is 2.38. The topological polar surface area (TPSA) is 41.1 Å². The van der Waals surface area contributed by atoms with Crippen LogP contribution in [0.1, 0.15) is 37.7 Å². The Hall–Kier alpha value is -0.870. The van der Waals surface area contributed by atoms with Gasteiger partial charge in [-0.25, -0.2) is 0 Å². The lowest BCUT2D eigenvalue weighted by atomic mass is 9.70. The first kappa shape index (κ1) is 14.1. The molecule has 1 saturated heterocycles. The van der Waals surface area contributed by atoms with Gasteiger partial charge in [0.2, 0.25) is 5.91 Å². The summed E-state index contributed by atoms with van der Waals surface area (Å²) in [5.74, 6) is 0.143. The molecule has 1 aliphatic carbocycles. The highest BCUT2D eigenvalue weighted by Gasteiger charge is 2.41. The number of amides is 1. The van der Waals surface area contributed by atoms with Gasteiger partial charge in [0, 0.05) is 16.1 Å². The van der Waals surface area contributed by atoms with Crippen LogP contribution in [0.5, 0.6) is 0 Å². The molecule has 1 atom stereocenters. The van der Waals surface area contributed by atoms with Crippen LogP contribution in [0.3, 0.4) is 0 Å². The summed E-state index contributed by atoms with van der Waals surface area (Å²) in [7, 11) is 0. The van der Waals surface area contributed by atoms with Gasteiger partial charge in [0.1, 0.15) is 0 Å². The quantitative estimate of drug-likeness (QED) is 0.891. The van der Waals surface area contributed by atoms with Crippen molar-refractivity contribution in [2.45, 2.75) is 50.1 Å². The van der Waals surface area contributed by atoms with Crippen molar-refractivity contribution in [1.82, 2.24) is 10.6 Å². The lowest BCUT2D eigenvalue weighted by Crippen LogP contribution is -2.59. The minimum atomic E-state index is 0.143. The van der Waals surface area contributed by atoms with Crippen LogP contribution in [0.2, 0.25) is 0 Å². The summed E-state index contributed by atoms with van der Waals surface area (Å²) >= 11 is 3.44. The lowest BCUT2D eigenvalue weighted by Gasteiger charge is -2.48. The Bertz CT molecular complexity index is 499. The van der Waals surface area contributed by atoms with Crippen LogP contribution in [0, 0.1) is 0 Å². The van der Waals surface area contributed by atoms with Crippen LogP contribution in [-0.2, 0) is 11.2 Å². The first-order chi connectivity index (χ1) is 9.65. The normalized spacial score (nSPS) is 24.1. The number of hydrogen-bond donors (Lipinski definition) is 2. The van der Waals surface area contributed by atoms with Crippen molar-refractivity contribution >= 4 is 21.8 Å². The molecule has 2 fully saturated rings. The van der Waals surface area contributed by atoms with E-state index in [0.29, 0.717) is 18.0 Å². The van der Waals surface area contributed by atoms with Crippen LogP contribution < -0.4 is 10.6 Å². The van der Waals surface area contributed by atoms with Crippen molar-refractivity contribution in [3.8, 4) is 0 Å². The fourth-order valence-corrected chi connectivity index (χ4v) is 3.82. The number of hydrogen-bond acceptors (Lipinski definition) is 2. The van der Waals surface area contributed by atoms with E-state index < -0.39 is 0 Å². The molecule has 108 valence electrons. The van der Waals surface area contributed by atoms with Crippen LogP contribution in [0.25, 0.3) is 0 Å². The summed E-state index contributed by atoms with van der Waals surface area (Å²) in [6, 6.07) is 8.31. The maximum Gasteiger partial charge on any atom is 0.224 e. The van der Waals surface area contributed by atoms with Gasteiger partial charge in [0.15, 0.2) is 0 Å². The van der Waals surface area contributed by atoms with Gasteiger partial charge in [-0.1, -0.05) is 28.1 Å². The monoisotopic (exact) mass is 336 g/mol. The van der Waals surface area contributed by atoms with Gasteiger partial charge in [-0.05, 0) is 56.3 Å². The van der Waals surface area contributed by atoms with E-state index in [1.54, 1.807) is 0 Å². The highest BCUT2D eigenvalue weighted by atomic mass is 79.9. The second-order valence-electron chi connectivity index (χ2n) is 6.12. The number of rotatable bonds is 3. The van der Waals surface area contributed by atoms with E-state index in [4.69, 9.17) is 0 Å². The molecule has 1 spiro atoms. The number of carbonyl (C=O) groups excluding carboxylic acids is 1. The first-order valence-corrected chi connectivity index (χ1v) is 8.23. The van der Waals surface area contributed by atoms with Gasteiger partial charge in [-0.2, -0.15) is 0 Å². The van der Waals surface area contributed by atoms with Crippen molar-refractivity contribution in [2.24, 2.45) is 0 Å². The molecule has 0 aromatic heterocycles. The molecule has 0 bridgehead atoms. The SMILES string of the molecule is O=C(Cc1cccc(Br)c1)NC1CCNC2(CCC2)C1. The predicted octanol–water partition coefficient (Wildman–Crippen LogP) is 2.78. The fraction of sp³-hybridized carbons (Fsp3) is 0.562. The van der Waals surface area contributed by atoms with Crippen LogP contribution in [-0.4, -0.2) is 24.0 Å². The van der Waals surface area contributed by atoms with E-state index >= 15 is 0 Å². The molecule has 1 saturated carbocycles. The van der Waals surface area contributed by atoms with Gasteiger partial charge in [-0.15, -0.1) is 0 Å². The first-order valence-electron chi connectivity index (χ1n) is 7.44. The third-order valence-electron chi connectivity index (χ3n) is 4.56. The van der Waals surface area contributed by atoms with Crippen molar-refractivity contribution in [2.75, 3.05) is 6.54 Å². The fourth-order valence-electron chi connectivity index (χ4n) is 3.38. The molecule has 1 amide bonds. The minimum Gasteiger partial charge on any atom is -0.353 e. The summed E-state index contributed by atoms with van der Waals surface area (Å²) in [6.45, 7) is 1.03. The Kier molecular flexibility index (Phi) is 4.13. The van der Waals surface area contributed by atoms with E-state index in [2.05, 4.69) is 26.6 Å². The van der Waals surface area contributed by atoms with Crippen molar-refractivity contribution < 1.29 is 4.79 Å². The van der Waals surface area contributed by atoms with Crippen molar-refractivity contribution in [3.63, 3.8) is 0 Å².